The van der Waals surface area contributed by atoms with Gasteiger partial charge in [-0.2, -0.15) is 5.10 Å². The van der Waals surface area contributed by atoms with Crippen LogP contribution in [0.4, 0.5) is 5.95 Å². The van der Waals surface area contributed by atoms with Crippen LogP contribution in [-0.2, 0) is 25.0 Å². The summed E-state index contributed by atoms with van der Waals surface area (Å²) in [4.78, 5) is 8.28. The number of halogens is 1. The van der Waals surface area contributed by atoms with Gasteiger partial charge in [0.2, 0.25) is 16.0 Å². The van der Waals surface area contributed by atoms with E-state index in [9.17, 15) is 8.42 Å². The molecule has 4 heterocycles. The third-order valence-electron chi connectivity index (χ3n) is 6.80. The fraction of sp³-hybridized carbons (Fsp3) is 0.435. The van der Waals surface area contributed by atoms with E-state index in [1.165, 1.54) is 26.4 Å². The first-order valence-corrected chi connectivity index (χ1v) is 13.6. The first kappa shape index (κ1) is 25.5. The highest BCUT2D eigenvalue weighted by Gasteiger charge is 2.44. The molecule has 37 heavy (non-hydrogen) atoms. The summed E-state index contributed by atoms with van der Waals surface area (Å²) in [6.07, 6.45) is 7.93. The van der Waals surface area contributed by atoms with E-state index in [2.05, 4.69) is 30.0 Å². The number of hydrogen-bond donors (Lipinski definition) is 1. The largest absolute Gasteiger partial charge is 0.382 e. The Balaban J connectivity index is 1.56. The Bertz CT molecular complexity index is 1500. The van der Waals surface area contributed by atoms with E-state index in [-0.39, 0.29) is 11.8 Å². The quantitative estimate of drug-likeness (QED) is 0.318. The summed E-state index contributed by atoms with van der Waals surface area (Å²) in [7, 11) is -1.00. The molecule has 0 aromatic carbocycles. The van der Waals surface area contributed by atoms with Crippen LogP contribution in [0.3, 0.4) is 0 Å². The summed E-state index contributed by atoms with van der Waals surface area (Å²) < 4.78 is 44.5. The summed E-state index contributed by atoms with van der Waals surface area (Å²) in [6, 6.07) is 5.71. The van der Waals surface area contributed by atoms with E-state index in [4.69, 9.17) is 21.1 Å². The van der Waals surface area contributed by atoms with Crippen molar-refractivity contribution in [2.24, 2.45) is 0 Å². The first-order chi connectivity index (χ1) is 17.8. The van der Waals surface area contributed by atoms with Crippen molar-refractivity contribution in [1.82, 2.24) is 34.3 Å². The normalized spacial score (nSPS) is 16.9. The number of sulfonamides is 1. The number of pyridine rings is 1. The fourth-order valence-corrected chi connectivity index (χ4v) is 5.95. The molecule has 0 aliphatic heterocycles. The minimum atomic E-state index is -4.04. The maximum Gasteiger partial charge on any atom is 0.240 e. The highest BCUT2D eigenvalue weighted by atomic mass is 35.5. The number of nitrogens with zero attached hydrogens (tertiary/aromatic N) is 7. The number of ether oxygens (including phenoxy) is 2. The van der Waals surface area contributed by atoms with Crippen LogP contribution in [0.15, 0.2) is 43.0 Å². The van der Waals surface area contributed by atoms with E-state index in [0.717, 1.165) is 30.3 Å². The molecule has 1 aliphatic rings. The van der Waals surface area contributed by atoms with Crippen LogP contribution in [0.2, 0.25) is 5.02 Å². The van der Waals surface area contributed by atoms with E-state index < -0.39 is 26.9 Å². The maximum absolute atomic E-state index is 13.6. The summed E-state index contributed by atoms with van der Waals surface area (Å²) in [5.41, 5.74) is 1.06. The van der Waals surface area contributed by atoms with Gasteiger partial charge in [-0.25, -0.2) is 22.9 Å². The lowest BCUT2D eigenvalue weighted by Crippen LogP contribution is -2.46. The molecule has 4 aromatic heterocycles. The van der Waals surface area contributed by atoms with Gasteiger partial charge in [0.15, 0.2) is 11.6 Å². The molecule has 1 aliphatic carbocycles. The van der Waals surface area contributed by atoms with Crippen molar-refractivity contribution in [2.45, 2.75) is 43.1 Å². The number of aromatic nitrogens is 7. The van der Waals surface area contributed by atoms with Gasteiger partial charge in [-0.1, -0.05) is 17.7 Å². The van der Waals surface area contributed by atoms with Gasteiger partial charge in [0, 0.05) is 32.8 Å². The molecular formula is C23H27ClN8O4S. The Morgan fingerprint density at radius 1 is 1.16 bits per heavy atom. The number of methoxy groups -OCH3 is 2. The molecule has 0 spiro atoms. The van der Waals surface area contributed by atoms with Gasteiger partial charge in [-0.15, -0.1) is 10.2 Å². The van der Waals surface area contributed by atoms with Crippen molar-refractivity contribution < 1.29 is 17.9 Å². The van der Waals surface area contributed by atoms with Crippen LogP contribution in [0.5, 0.6) is 0 Å². The van der Waals surface area contributed by atoms with Crippen molar-refractivity contribution in [3.8, 4) is 11.4 Å². The molecule has 2 atom stereocenters. The Morgan fingerprint density at radius 3 is 2.57 bits per heavy atom. The van der Waals surface area contributed by atoms with Crippen LogP contribution in [0, 0.1) is 0 Å². The SMILES string of the molecule is COCC1(n2c(NS(=O)(=O)[C@@H](C)[C@H](OC)c3ncc(Cl)cn3)nnc2-c2cnn3ccccc23)CCC1. The predicted octanol–water partition coefficient (Wildman–Crippen LogP) is 3.08. The Morgan fingerprint density at radius 2 is 1.92 bits per heavy atom. The Kier molecular flexibility index (Phi) is 6.88. The summed E-state index contributed by atoms with van der Waals surface area (Å²) >= 11 is 5.89. The summed E-state index contributed by atoms with van der Waals surface area (Å²) in [6.45, 7) is 1.90. The molecule has 0 amide bonds. The second-order valence-electron chi connectivity index (χ2n) is 9.05. The van der Waals surface area contributed by atoms with Crippen LogP contribution < -0.4 is 4.72 Å². The molecule has 0 radical (unpaired) electrons. The number of hydrogen-bond acceptors (Lipinski definition) is 9. The van der Waals surface area contributed by atoms with Crippen LogP contribution in [0.25, 0.3) is 16.9 Å². The van der Waals surface area contributed by atoms with E-state index in [0.29, 0.717) is 17.5 Å². The van der Waals surface area contributed by atoms with Gasteiger partial charge in [-0.05, 0) is 38.3 Å². The van der Waals surface area contributed by atoms with Gasteiger partial charge in [0.25, 0.3) is 0 Å². The molecule has 1 N–H and O–H groups in total. The van der Waals surface area contributed by atoms with Crippen molar-refractivity contribution in [1.29, 1.82) is 0 Å². The summed E-state index contributed by atoms with van der Waals surface area (Å²) in [5.74, 6) is 0.807. The number of fused-ring (bicyclic) bond motifs is 1. The van der Waals surface area contributed by atoms with Gasteiger partial charge < -0.3 is 9.47 Å². The minimum Gasteiger partial charge on any atom is -0.382 e. The van der Waals surface area contributed by atoms with Crippen molar-refractivity contribution in [3.63, 3.8) is 0 Å². The topological polar surface area (TPSA) is 138 Å². The van der Waals surface area contributed by atoms with E-state index in [1.807, 2.05) is 29.0 Å². The average molecular weight is 547 g/mol. The molecule has 0 bridgehead atoms. The first-order valence-electron chi connectivity index (χ1n) is 11.7. The smallest absolute Gasteiger partial charge is 0.240 e. The van der Waals surface area contributed by atoms with Crippen molar-refractivity contribution in [3.05, 3.63) is 53.8 Å². The second-order valence-corrected chi connectivity index (χ2v) is 11.5. The third-order valence-corrected chi connectivity index (χ3v) is 8.69. The lowest BCUT2D eigenvalue weighted by Gasteiger charge is -2.43. The molecule has 1 saturated carbocycles. The van der Waals surface area contributed by atoms with Crippen molar-refractivity contribution in [2.75, 3.05) is 25.5 Å². The van der Waals surface area contributed by atoms with Crippen molar-refractivity contribution >= 4 is 33.1 Å². The number of nitrogens with one attached hydrogen (secondary N) is 1. The van der Waals surface area contributed by atoms with Gasteiger partial charge in [-0.3, -0.25) is 9.29 Å². The summed E-state index contributed by atoms with van der Waals surface area (Å²) in [5, 5.41) is 12.4. The maximum atomic E-state index is 13.6. The van der Waals surface area contributed by atoms with Crippen LogP contribution in [-0.4, -0.2) is 68.8 Å². The van der Waals surface area contributed by atoms with E-state index in [1.54, 1.807) is 17.8 Å². The highest BCUT2D eigenvalue weighted by Crippen LogP contribution is 2.44. The van der Waals surface area contributed by atoms with Crippen LogP contribution >= 0.6 is 11.6 Å². The zero-order chi connectivity index (χ0) is 26.2. The monoisotopic (exact) mass is 546 g/mol. The molecule has 12 nitrogen and oxygen atoms in total. The highest BCUT2D eigenvalue weighted by molar-refractivity contribution is 7.93. The van der Waals surface area contributed by atoms with Crippen LogP contribution in [0.1, 0.15) is 38.1 Å². The van der Waals surface area contributed by atoms with E-state index >= 15 is 0 Å². The standard InChI is InChI=1S/C23H27ClN8O4S/c1-15(19(36-3)20-25-11-16(24)12-26-20)37(33,34)30-22-29-28-21(32(22)23(14-35-2)8-6-9-23)17-13-27-31-10-5-4-7-18(17)31/h4-5,7,10-13,15,19H,6,8-9,14H2,1-3H3,(H,29,30)/t15-,19-/m0/s1. The zero-order valence-electron chi connectivity index (χ0n) is 20.6. The zero-order valence-corrected chi connectivity index (χ0v) is 22.1. The fourth-order valence-electron chi connectivity index (χ4n) is 4.73. The molecule has 0 unspecified atom stereocenters. The third kappa shape index (κ3) is 4.56. The molecule has 14 heteroatoms. The Hall–Kier alpha value is -3.13. The minimum absolute atomic E-state index is 0.0979. The molecule has 5 rings (SSSR count). The molecule has 4 aromatic rings. The molecule has 0 saturated heterocycles. The van der Waals surface area contributed by atoms with Gasteiger partial charge in [0.05, 0.1) is 34.4 Å². The lowest BCUT2D eigenvalue weighted by atomic mass is 9.77. The molecule has 196 valence electrons. The predicted molar refractivity (Wildman–Crippen MR) is 137 cm³/mol. The Labute approximate surface area is 219 Å². The second kappa shape index (κ2) is 9.97. The van der Waals surface area contributed by atoms with Gasteiger partial charge >= 0.3 is 0 Å². The van der Waals surface area contributed by atoms with Gasteiger partial charge in [0.1, 0.15) is 11.4 Å². The number of rotatable bonds is 10. The number of anilines is 1. The molecule has 1 fully saturated rings. The lowest BCUT2D eigenvalue weighted by molar-refractivity contribution is 0.0299. The molecular weight excluding hydrogens is 520 g/mol. The average Bonchev–Trinajstić information content (AvgIpc) is 3.47.